The molecule has 1 amide bonds. The average Bonchev–Trinajstić information content (AvgIpc) is 1.95. The normalized spacial score (nSPS) is 13.8. The molecule has 0 aliphatic rings. The number of rotatable bonds is 2. The van der Waals surface area contributed by atoms with E-state index in [9.17, 15) is 9.59 Å². The zero-order chi connectivity index (χ0) is 13.9. The highest BCUT2D eigenvalue weighted by Crippen LogP contribution is 2.09. The van der Waals surface area contributed by atoms with Gasteiger partial charge in [0.05, 0.1) is 0 Å². The first kappa shape index (κ1) is 15.7. The second kappa shape index (κ2) is 5.38. The number of amides is 1. The van der Waals surface area contributed by atoms with Gasteiger partial charge >= 0.3 is 12.1 Å². The summed E-state index contributed by atoms with van der Waals surface area (Å²) in [7, 11) is 0. The van der Waals surface area contributed by atoms with Gasteiger partial charge in [-0.25, -0.2) is 9.59 Å². The molecule has 1 N–H and O–H groups in total. The lowest BCUT2D eigenvalue weighted by Gasteiger charge is -2.24. The van der Waals surface area contributed by atoms with Gasteiger partial charge in [0, 0.05) is 0 Å². The van der Waals surface area contributed by atoms with Gasteiger partial charge in [0.2, 0.25) is 0 Å². The SMILES string of the molecule is [CH2]C(NC(=O)OC(C)(C)C)C(=O)OC(C)(C)C. The minimum absolute atomic E-state index is 0.594. The van der Waals surface area contributed by atoms with Crippen LogP contribution in [0.15, 0.2) is 0 Å². The van der Waals surface area contributed by atoms with Gasteiger partial charge in [0.1, 0.15) is 17.2 Å². The van der Waals surface area contributed by atoms with Gasteiger partial charge < -0.3 is 14.8 Å². The number of hydrogen-bond acceptors (Lipinski definition) is 4. The molecule has 0 heterocycles. The quantitative estimate of drug-likeness (QED) is 0.755. The first-order valence-electron chi connectivity index (χ1n) is 5.46. The van der Waals surface area contributed by atoms with Gasteiger partial charge in [-0.15, -0.1) is 0 Å². The maximum atomic E-state index is 11.5. The number of hydrogen-bond donors (Lipinski definition) is 1. The highest BCUT2D eigenvalue weighted by Gasteiger charge is 2.25. The van der Waals surface area contributed by atoms with Crippen LogP contribution in [0.2, 0.25) is 0 Å². The third-order valence-electron chi connectivity index (χ3n) is 1.38. The predicted molar refractivity (Wildman–Crippen MR) is 64.4 cm³/mol. The molecule has 0 saturated carbocycles. The van der Waals surface area contributed by atoms with Crippen molar-refractivity contribution in [2.45, 2.75) is 58.8 Å². The van der Waals surface area contributed by atoms with Gasteiger partial charge in [-0.3, -0.25) is 0 Å². The predicted octanol–water partition coefficient (Wildman–Crippen LogP) is 2.06. The van der Waals surface area contributed by atoms with E-state index in [4.69, 9.17) is 9.47 Å². The van der Waals surface area contributed by atoms with E-state index in [0.717, 1.165) is 0 Å². The van der Waals surface area contributed by atoms with E-state index >= 15 is 0 Å². The second-order valence-corrected chi connectivity index (χ2v) is 5.73. The monoisotopic (exact) mass is 244 g/mol. The van der Waals surface area contributed by atoms with Crippen LogP contribution in [0.5, 0.6) is 0 Å². The highest BCUT2D eigenvalue weighted by atomic mass is 16.6. The maximum absolute atomic E-state index is 11.5. The van der Waals surface area contributed by atoms with Crippen LogP contribution in [0, 0.1) is 6.92 Å². The Bertz CT molecular complexity index is 286. The van der Waals surface area contributed by atoms with Crippen LogP contribution < -0.4 is 5.32 Å². The molecule has 1 atom stereocenters. The molecule has 0 aliphatic heterocycles. The molecule has 1 unspecified atom stereocenters. The van der Waals surface area contributed by atoms with E-state index in [1.807, 2.05) is 0 Å². The van der Waals surface area contributed by atoms with Crippen LogP contribution in [0.3, 0.4) is 0 Å². The largest absolute Gasteiger partial charge is 0.458 e. The number of carbonyl (C=O) groups is 2. The highest BCUT2D eigenvalue weighted by molar-refractivity contribution is 5.82. The first-order valence-corrected chi connectivity index (χ1v) is 5.46. The Morgan fingerprint density at radius 1 is 1.00 bits per heavy atom. The fraction of sp³-hybridized carbons (Fsp3) is 0.750. The van der Waals surface area contributed by atoms with Crippen LogP contribution in [-0.2, 0) is 14.3 Å². The summed E-state index contributed by atoms with van der Waals surface area (Å²) in [5.41, 5.74) is -1.22. The van der Waals surface area contributed by atoms with Crippen LogP contribution in [0.4, 0.5) is 4.79 Å². The molecular formula is C12H22NO4. The molecule has 0 bridgehead atoms. The Balaban J connectivity index is 4.22. The van der Waals surface area contributed by atoms with E-state index in [2.05, 4.69) is 12.2 Å². The number of esters is 1. The van der Waals surface area contributed by atoms with Crippen LogP contribution in [0.25, 0.3) is 0 Å². The summed E-state index contributed by atoms with van der Waals surface area (Å²) in [6.07, 6.45) is -0.691. The van der Waals surface area contributed by atoms with Crippen molar-refractivity contribution < 1.29 is 19.1 Å². The van der Waals surface area contributed by atoms with Gasteiger partial charge in [0.25, 0.3) is 0 Å². The third kappa shape index (κ3) is 8.54. The standard InChI is InChI=1S/C12H22NO4/c1-8(9(14)16-11(2,3)4)13-10(15)17-12(5,6)7/h8H,1H2,2-7H3,(H,13,15). The van der Waals surface area contributed by atoms with E-state index < -0.39 is 29.3 Å². The summed E-state index contributed by atoms with van der Waals surface area (Å²) in [5.74, 6) is -0.594. The molecule has 17 heavy (non-hydrogen) atoms. The van der Waals surface area contributed by atoms with Crippen molar-refractivity contribution in [3.8, 4) is 0 Å². The topological polar surface area (TPSA) is 64.6 Å². The molecule has 5 heteroatoms. The van der Waals surface area contributed by atoms with Gasteiger partial charge in [0.15, 0.2) is 0 Å². The van der Waals surface area contributed by atoms with Crippen LogP contribution >= 0.6 is 0 Å². The fourth-order valence-corrected chi connectivity index (χ4v) is 0.882. The van der Waals surface area contributed by atoms with Crippen molar-refractivity contribution in [1.29, 1.82) is 0 Å². The Hall–Kier alpha value is -1.26. The maximum Gasteiger partial charge on any atom is 0.408 e. The van der Waals surface area contributed by atoms with Crippen molar-refractivity contribution in [3.63, 3.8) is 0 Å². The smallest absolute Gasteiger partial charge is 0.408 e. The Morgan fingerprint density at radius 2 is 1.41 bits per heavy atom. The average molecular weight is 244 g/mol. The lowest BCUT2D eigenvalue weighted by Crippen LogP contribution is -2.44. The summed E-state index contributed by atoms with van der Waals surface area (Å²) in [5, 5.41) is 2.31. The number of alkyl carbamates (subject to hydrolysis) is 1. The zero-order valence-electron chi connectivity index (χ0n) is 11.4. The minimum atomic E-state index is -0.982. The summed E-state index contributed by atoms with van der Waals surface area (Å²) < 4.78 is 10.0. The molecule has 0 spiro atoms. The van der Waals surface area contributed by atoms with Gasteiger partial charge in [-0.1, -0.05) is 0 Å². The van der Waals surface area contributed by atoms with Crippen LogP contribution in [0.1, 0.15) is 41.5 Å². The third-order valence-corrected chi connectivity index (χ3v) is 1.38. The van der Waals surface area contributed by atoms with E-state index in [0.29, 0.717) is 0 Å². The summed E-state index contributed by atoms with van der Waals surface area (Å²) >= 11 is 0. The number of nitrogens with one attached hydrogen (secondary N) is 1. The fourth-order valence-electron chi connectivity index (χ4n) is 0.882. The molecule has 0 aromatic carbocycles. The van der Waals surface area contributed by atoms with Crippen molar-refractivity contribution >= 4 is 12.1 Å². The minimum Gasteiger partial charge on any atom is -0.458 e. The van der Waals surface area contributed by atoms with Crippen LogP contribution in [-0.4, -0.2) is 29.3 Å². The summed E-state index contributed by atoms with van der Waals surface area (Å²) in [6, 6.07) is -0.982. The summed E-state index contributed by atoms with van der Waals surface area (Å²) in [6.45, 7) is 13.9. The molecular weight excluding hydrogens is 222 g/mol. The summed E-state index contributed by atoms with van der Waals surface area (Å²) in [4.78, 5) is 22.9. The molecule has 0 saturated heterocycles. The van der Waals surface area contributed by atoms with Crippen molar-refractivity contribution in [2.75, 3.05) is 0 Å². The Morgan fingerprint density at radius 3 is 1.76 bits per heavy atom. The molecule has 99 valence electrons. The Kier molecular flexibility index (Phi) is 4.98. The van der Waals surface area contributed by atoms with E-state index in [1.165, 1.54) is 0 Å². The second-order valence-electron chi connectivity index (χ2n) is 5.73. The van der Waals surface area contributed by atoms with Gasteiger partial charge in [-0.05, 0) is 48.5 Å². The first-order chi connectivity index (χ1) is 7.41. The molecule has 0 aromatic rings. The molecule has 0 rings (SSSR count). The van der Waals surface area contributed by atoms with Crippen molar-refractivity contribution in [2.24, 2.45) is 0 Å². The van der Waals surface area contributed by atoms with E-state index in [1.54, 1.807) is 41.5 Å². The molecule has 0 aromatic heterocycles. The van der Waals surface area contributed by atoms with Crippen molar-refractivity contribution in [1.82, 2.24) is 5.32 Å². The van der Waals surface area contributed by atoms with E-state index in [-0.39, 0.29) is 0 Å². The molecule has 1 radical (unpaired) electrons. The number of carbonyl (C=O) groups excluding carboxylic acids is 2. The van der Waals surface area contributed by atoms with Crippen molar-refractivity contribution in [3.05, 3.63) is 6.92 Å². The zero-order valence-corrected chi connectivity index (χ0v) is 11.4. The molecule has 5 nitrogen and oxygen atoms in total. The van der Waals surface area contributed by atoms with Gasteiger partial charge in [-0.2, -0.15) is 0 Å². The number of ether oxygens (including phenoxy) is 2. The Labute approximate surface area is 103 Å². The molecule has 0 fully saturated rings. The lowest BCUT2D eigenvalue weighted by atomic mass is 10.2. The molecule has 0 aliphatic carbocycles. The lowest BCUT2D eigenvalue weighted by molar-refractivity contribution is -0.156.